The number of ether oxygens (including phenoxy) is 1. The average molecular weight is 343 g/mol. The normalized spacial score (nSPS) is 16.9. The Labute approximate surface area is 148 Å². The number of likely N-dealkylation sites (tertiary alicyclic amines) is 1. The van der Waals surface area contributed by atoms with Crippen molar-refractivity contribution in [3.05, 3.63) is 42.0 Å². The number of aryl methyl sites for hydroxylation is 1. The van der Waals surface area contributed by atoms with E-state index >= 15 is 0 Å². The summed E-state index contributed by atoms with van der Waals surface area (Å²) in [5.74, 6) is 1.63. The first-order chi connectivity index (χ1) is 12.2. The summed E-state index contributed by atoms with van der Waals surface area (Å²) >= 11 is 0. The van der Waals surface area contributed by atoms with Gasteiger partial charge >= 0.3 is 6.03 Å². The minimum atomic E-state index is -0.0537. The fourth-order valence-corrected chi connectivity index (χ4v) is 3.25. The van der Waals surface area contributed by atoms with Crippen molar-refractivity contribution in [2.75, 3.05) is 13.2 Å². The van der Waals surface area contributed by atoms with Crippen molar-refractivity contribution in [3.63, 3.8) is 0 Å². The van der Waals surface area contributed by atoms with Crippen molar-refractivity contribution >= 4 is 6.03 Å². The van der Waals surface area contributed by atoms with E-state index in [9.17, 15) is 4.79 Å². The van der Waals surface area contributed by atoms with Gasteiger partial charge in [-0.3, -0.25) is 0 Å². The number of hydrogen-bond acceptors (Lipinski definition) is 4. The monoisotopic (exact) mass is 343 g/mol. The van der Waals surface area contributed by atoms with Crippen LogP contribution in [0.5, 0.6) is 5.75 Å². The molecule has 7 nitrogen and oxygen atoms in total. The fraction of sp³-hybridized carbons (Fsp3) is 0.500. The molecule has 0 radical (unpaired) electrons. The summed E-state index contributed by atoms with van der Waals surface area (Å²) in [5.41, 5.74) is 1.15. The summed E-state index contributed by atoms with van der Waals surface area (Å²) in [4.78, 5) is 14.5. The van der Waals surface area contributed by atoms with Crippen LogP contribution in [0.1, 0.15) is 44.1 Å². The molecule has 2 amide bonds. The number of nitrogens with zero attached hydrogens (tertiary/aromatic N) is 4. The Morgan fingerprint density at radius 1 is 1.32 bits per heavy atom. The molecule has 1 aliphatic rings. The molecule has 25 heavy (non-hydrogen) atoms. The SMILES string of the molecule is CCOc1ccc([C@@H]2CCCN2C(=O)NCc2nncn2CC)cc1. The third-order valence-electron chi connectivity index (χ3n) is 4.52. The number of nitrogens with one attached hydrogen (secondary N) is 1. The lowest BCUT2D eigenvalue weighted by atomic mass is 10.0. The lowest BCUT2D eigenvalue weighted by molar-refractivity contribution is 0.192. The first kappa shape index (κ1) is 17.3. The van der Waals surface area contributed by atoms with Crippen molar-refractivity contribution in [1.82, 2.24) is 25.0 Å². The van der Waals surface area contributed by atoms with E-state index < -0.39 is 0 Å². The van der Waals surface area contributed by atoms with Gasteiger partial charge in [-0.15, -0.1) is 10.2 Å². The molecule has 1 saturated heterocycles. The molecule has 1 fully saturated rings. The predicted octanol–water partition coefficient (Wildman–Crippen LogP) is 2.74. The molecule has 1 aliphatic heterocycles. The average Bonchev–Trinajstić information content (AvgIpc) is 3.29. The molecule has 7 heteroatoms. The van der Waals surface area contributed by atoms with Gasteiger partial charge in [0.15, 0.2) is 5.82 Å². The quantitative estimate of drug-likeness (QED) is 0.875. The highest BCUT2D eigenvalue weighted by Gasteiger charge is 2.30. The smallest absolute Gasteiger partial charge is 0.318 e. The molecule has 0 saturated carbocycles. The number of aromatic nitrogens is 3. The maximum absolute atomic E-state index is 12.6. The van der Waals surface area contributed by atoms with Crippen LogP contribution in [0.3, 0.4) is 0 Å². The zero-order chi connectivity index (χ0) is 17.6. The van der Waals surface area contributed by atoms with Gasteiger partial charge in [-0.2, -0.15) is 0 Å². The minimum absolute atomic E-state index is 0.0537. The Morgan fingerprint density at radius 3 is 2.84 bits per heavy atom. The van der Waals surface area contributed by atoms with Gasteiger partial charge in [0.05, 0.1) is 19.2 Å². The Balaban J connectivity index is 1.63. The van der Waals surface area contributed by atoms with Crippen molar-refractivity contribution in [1.29, 1.82) is 0 Å². The number of amides is 2. The summed E-state index contributed by atoms with van der Waals surface area (Å²) in [7, 11) is 0. The Kier molecular flexibility index (Phi) is 5.53. The summed E-state index contributed by atoms with van der Waals surface area (Å²) in [6, 6.07) is 8.10. The standard InChI is InChI=1S/C18H25N5O2/c1-3-22-13-20-21-17(22)12-19-18(24)23-11-5-6-16(23)14-7-9-15(10-8-14)25-4-2/h7-10,13,16H,3-6,11-12H2,1-2H3,(H,19,24)/t16-/m0/s1. The highest BCUT2D eigenvalue weighted by atomic mass is 16.5. The lowest BCUT2D eigenvalue weighted by Gasteiger charge is -2.25. The van der Waals surface area contributed by atoms with Gasteiger partial charge in [-0.25, -0.2) is 4.79 Å². The Morgan fingerprint density at radius 2 is 2.12 bits per heavy atom. The molecule has 0 bridgehead atoms. The van der Waals surface area contributed by atoms with Gasteiger partial charge in [0.2, 0.25) is 0 Å². The van der Waals surface area contributed by atoms with Crippen LogP contribution in [0.15, 0.2) is 30.6 Å². The van der Waals surface area contributed by atoms with E-state index in [-0.39, 0.29) is 12.1 Å². The van der Waals surface area contributed by atoms with Gasteiger partial charge in [-0.05, 0) is 44.4 Å². The topological polar surface area (TPSA) is 72.3 Å². The molecule has 0 spiro atoms. The van der Waals surface area contributed by atoms with Crippen LogP contribution in [0.2, 0.25) is 0 Å². The third-order valence-corrected chi connectivity index (χ3v) is 4.52. The third kappa shape index (κ3) is 3.92. The minimum Gasteiger partial charge on any atom is -0.494 e. The molecular formula is C18H25N5O2. The van der Waals surface area contributed by atoms with Gasteiger partial charge in [0.25, 0.3) is 0 Å². The second-order valence-corrected chi connectivity index (χ2v) is 6.05. The first-order valence-electron chi connectivity index (χ1n) is 8.86. The molecular weight excluding hydrogens is 318 g/mol. The van der Waals surface area contributed by atoms with E-state index in [4.69, 9.17) is 4.74 Å². The second-order valence-electron chi connectivity index (χ2n) is 6.05. The number of carbonyl (C=O) groups excluding carboxylic acids is 1. The van der Waals surface area contributed by atoms with Crippen LogP contribution in [0.4, 0.5) is 4.79 Å². The van der Waals surface area contributed by atoms with E-state index in [0.29, 0.717) is 13.2 Å². The van der Waals surface area contributed by atoms with E-state index in [1.54, 1.807) is 6.33 Å². The molecule has 2 heterocycles. The van der Waals surface area contributed by atoms with E-state index in [2.05, 4.69) is 27.6 Å². The van der Waals surface area contributed by atoms with Crippen molar-refractivity contribution in [2.24, 2.45) is 0 Å². The molecule has 0 aliphatic carbocycles. The number of rotatable bonds is 6. The largest absolute Gasteiger partial charge is 0.494 e. The Hall–Kier alpha value is -2.57. The fourth-order valence-electron chi connectivity index (χ4n) is 3.25. The van der Waals surface area contributed by atoms with Gasteiger partial charge < -0.3 is 19.5 Å². The lowest BCUT2D eigenvalue weighted by Crippen LogP contribution is -2.39. The maximum Gasteiger partial charge on any atom is 0.318 e. The summed E-state index contributed by atoms with van der Waals surface area (Å²) < 4.78 is 7.42. The first-order valence-corrected chi connectivity index (χ1v) is 8.86. The van der Waals surface area contributed by atoms with Gasteiger partial charge in [-0.1, -0.05) is 12.1 Å². The van der Waals surface area contributed by atoms with Crippen LogP contribution in [-0.2, 0) is 13.1 Å². The van der Waals surface area contributed by atoms with Crippen LogP contribution in [0, 0.1) is 0 Å². The molecule has 1 aromatic carbocycles. The molecule has 1 aromatic heterocycles. The van der Waals surface area contributed by atoms with Crippen molar-refractivity contribution in [3.8, 4) is 5.75 Å². The zero-order valence-electron chi connectivity index (χ0n) is 14.8. The van der Waals surface area contributed by atoms with E-state index in [1.165, 1.54) is 0 Å². The number of carbonyl (C=O) groups is 1. The van der Waals surface area contributed by atoms with Crippen molar-refractivity contribution in [2.45, 2.75) is 45.8 Å². The maximum atomic E-state index is 12.6. The second kappa shape index (κ2) is 8.00. The highest BCUT2D eigenvalue weighted by Crippen LogP contribution is 2.32. The zero-order valence-corrected chi connectivity index (χ0v) is 14.8. The number of urea groups is 1. The molecule has 2 aromatic rings. The molecule has 134 valence electrons. The van der Waals surface area contributed by atoms with Gasteiger partial charge in [0, 0.05) is 13.1 Å². The summed E-state index contributed by atoms with van der Waals surface area (Å²) in [5, 5.41) is 10.9. The predicted molar refractivity (Wildman–Crippen MR) is 94.2 cm³/mol. The van der Waals surface area contributed by atoms with Crippen molar-refractivity contribution < 1.29 is 9.53 Å². The van der Waals surface area contributed by atoms with Crippen LogP contribution < -0.4 is 10.1 Å². The van der Waals surface area contributed by atoms with Crippen LogP contribution in [-0.4, -0.2) is 38.8 Å². The molecule has 1 atom stereocenters. The van der Waals surface area contributed by atoms with E-state index in [1.807, 2.05) is 35.4 Å². The van der Waals surface area contributed by atoms with Crippen LogP contribution >= 0.6 is 0 Å². The molecule has 0 unspecified atom stereocenters. The summed E-state index contributed by atoms with van der Waals surface area (Å²) in [6.45, 7) is 6.59. The van der Waals surface area contributed by atoms with Gasteiger partial charge in [0.1, 0.15) is 12.1 Å². The Bertz CT molecular complexity index is 698. The van der Waals surface area contributed by atoms with E-state index in [0.717, 1.165) is 43.1 Å². The number of benzene rings is 1. The summed E-state index contributed by atoms with van der Waals surface area (Å²) in [6.07, 6.45) is 3.67. The molecule has 1 N–H and O–H groups in total. The number of hydrogen-bond donors (Lipinski definition) is 1. The molecule has 3 rings (SSSR count). The highest BCUT2D eigenvalue weighted by molar-refractivity contribution is 5.75. The van der Waals surface area contributed by atoms with Crippen LogP contribution in [0.25, 0.3) is 0 Å².